The van der Waals surface area contributed by atoms with Crippen molar-refractivity contribution in [2.75, 3.05) is 5.01 Å². The molecule has 0 aliphatic carbocycles. The fourth-order valence-electron chi connectivity index (χ4n) is 1.40. The molecule has 0 aliphatic heterocycles. The molecule has 98 valence electrons. The van der Waals surface area contributed by atoms with Crippen molar-refractivity contribution in [2.24, 2.45) is 5.73 Å². The third-order valence-corrected chi connectivity index (χ3v) is 3.57. The maximum atomic E-state index is 12.0. The Kier molecular flexibility index (Phi) is 4.36. The molecule has 0 fully saturated rings. The van der Waals surface area contributed by atoms with Crippen molar-refractivity contribution >= 4 is 51.9 Å². The monoisotopic (exact) mass is 311 g/mol. The molecule has 1 heterocycles. The molecule has 0 saturated carbocycles. The molecular formula is C12H10ClN3OS2. The van der Waals surface area contributed by atoms with Crippen molar-refractivity contribution in [2.45, 2.75) is 0 Å². The predicted molar refractivity (Wildman–Crippen MR) is 82.5 cm³/mol. The summed E-state index contributed by atoms with van der Waals surface area (Å²) in [5.74, 6) is -0.266. The van der Waals surface area contributed by atoms with E-state index in [0.29, 0.717) is 15.6 Å². The van der Waals surface area contributed by atoms with Crippen LogP contribution in [-0.2, 0) is 0 Å². The lowest BCUT2D eigenvalue weighted by molar-refractivity contribution is 0.0959. The summed E-state index contributed by atoms with van der Waals surface area (Å²) in [4.78, 5) is 12.6. The number of thiocarbonyl (C=S) groups is 1. The molecule has 3 N–H and O–H groups in total. The number of halogens is 1. The number of nitrogens with two attached hydrogens (primary N) is 1. The van der Waals surface area contributed by atoms with E-state index in [1.165, 1.54) is 16.3 Å². The Bertz CT molecular complexity index is 584. The van der Waals surface area contributed by atoms with Crippen LogP contribution in [0.15, 0.2) is 41.8 Å². The molecule has 1 aromatic heterocycles. The van der Waals surface area contributed by atoms with Gasteiger partial charge in [-0.05, 0) is 47.9 Å². The lowest BCUT2D eigenvalue weighted by Gasteiger charge is -2.23. The minimum Gasteiger partial charge on any atom is -0.374 e. The van der Waals surface area contributed by atoms with E-state index in [1.54, 1.807) is 36.4 Å². The third-order valence-electron chi connectivity index (χ3n) is 2.26. The first kappa shape index (κ1) is 13.8. The van der Waals surface area contributed by atoms with Crippen LogP contribution in [0.3, 0.4) is 0 Å². The average molecular weight is 312 g/mol. The van der Waals surface area contributed by atoms with E-state index in [0.717, 1.165) is 0 Å². The van der Waals surface area contributed by atoms with Crippen LogP contribution in [-0.4, -0.2) is 11.0 Å². The highest BCUT2D eigenvalue weighted by Gasteiger charge is 2.14. The van der Waals surface area contributed by atoms with Gasteiger partial charge >= 0.3 is 0 Å². The highest BCUT2D eigenvalue weighted by Crippen LogP contribution is 2.17. The summed E-state index contributed by atoms with van der Waals surface area (Å²) >= 11 is 12.1. The van der Waals surface area contributed by atoms with Gasteiger partial charge in [-0.3, -0.25) is 10.2 Å². The number of amides is 1. The van der Waals surface area contributed by atoms with Gasteiger partial charge in [0.1, 0.15) is 0 Å². The molecule has 19 heavy (non-hydrogen) atoms. The lowest BCUT2D eigenvalue weighted by atomic mass is 10.3. The zero-order valence-corrected chi connectivity index (χ0v) is 12.1. The molecule has 0 spiro atoms. The standard InChI is InChI=1S/C12H10ClN3OS2/c13-8-3-5-9(6-4-8)16(12(14)18)15-11(17)10-2-1-7-19-10/h1-7H,(H2,14,18)(H,15,17). The minimum absolute atomic E-state index is 0.0484. The molecule has 0 atom stereocenters. The van der Waals surface area contributed by atoms with Gasteiger partial charge in [0, 0.05) is 5.02 Å². The first-order valence-corrected chi connectivity index (χ1v) is 6.94. The zero-order valence-electron chi connectivity index (χ0n) is 9.67. The number of carbonyl (C=O) groups is 1. The Morgan fingerprint density at radius 1 is 1.32 bits per heavy atom. The second kappa shape index (κ2) is 6.01. The fourth-order valence-corrected chi connectivity index (χ4v) is 2.29. The van der Waals surface area contributed by atoms with E-state index in [4.69, 9.17) is 29.6 Å². The summed E-state index contributed by atoms with van der Waals surface area (Å²) in [6.07, 6.45) is 0. The van der Waals surface area contributed by atoms with Crippen LogP contribution in [0.5, 0.6) is 0 Å². The van der Waals surface area contributed by atoms with Gasteiger partial charge < -0.3 is 5.73 Å². The van der Waals surface area contributed by atoms with E-state index in [9.17, 15) is 4.79 Å². The average Bonchev–Trinajstić information content (AvgIpc) is 2.90. The Balaban J connectivity index is 2.19. The Labute approximate surface area is 124 Å². The SMILES string of the molecule is NC(=S)N(NC(=O)c1cccs1)c1ccc(Cl)cc1. The second-order valence-electron chi connectivity index (χ2n) is 3.57. The highest BCUT2D eigenvalue weighted by atomic mass is 35.5. The summed E-state index contributed by atoms with van der Waals surface area (Å²) in [5.41, 5.74) is 8.91. The van der Waals surface area contributed by atoms with Crippen LogP contribution in [0.1, 0.15) is 9.67 Å². The third kappa shape index (κ3) is 3.44. The van der Waals surface area contributed by atoms with Crippen molar-refractivity contribution in [3.05, 3.63) is 51.7 Å². The summed E-state index contributed by atoms with van der Waals surface area (Å²) in [5, 5.41) is 3.80. The highest BCUT2D eigenvalue weighted by molar-refractivity contribution is 7.80. The maximum absolute atomic E-state index is 12.0. The Morgan fingerprint density at radius 3 is 2.53 bits per heavy atom. The first-order valence-electron chi connectivity index (χ1n) is 5.27. The molecule has 1 aromatic carbocycles. The molecule has 0 unspecified atom stereocenters. The fraction of sp³-hybridized carbons (Fsp3) is 0. The van der Waals surface area contributed by atoms with Crippen LogP contribution in [0.2, 0.25) is 5.02 Å². The summed E-state index contributed by atoms with van der Waals surface area (Å²) < 4.78 is 0. The predicted octanol–water partition coefficient (Wildman–Crippen LogP) is 2.80. The van der Waals surface area contributed by atoms with Gasteiger partial charge in [0.25, 0.3) is 5.91 Å². The minimum atomic E-state index is -0.266. The number of hydrazine groups is 1. The molecule has 4 nitrogen and oxygen atoms in total. The second-order valence-corrected chi connectivity index (χ2v) is 5.37. The van der Waals surface area contributed by atoms with Crippen LogP contribution < -0.4 is 16.2 Å². The van der Waals surface area contributed by atoms with E-state index in [2.05, 4.69) is 5.43 Å². The molecule has 0 radical (unpaired) electrons. The van der Waals surface area contributed by atoms with Crippen LogP contribution in [0.25, 0.3) is 0 Å². The largest absolute Gasteiger partial charge is 0.374 e. The van der Waals surface area contributed by atoms with Gasteiger partial charge in [0.2, 0.25) is 0 Å². The van der Waals surface area contributed by atoms with Crippen molar-refractivity contribution in [1.82, 2.24) is 5.43 Å². The van der Waals surface area contributed by atoms with Crippen LogP contribution in [0, 0.1) is 0 Å². The Morgan fingerprint density at radius 2 is 2.00 bits per heavy atom. The number of anilines is 1. The van der Waals surface area contributed by atoms with Crippen LogP contribution >= 0.6 is 35.2 Å². The number of nitrogens with zero attached hydrogens (tertiary/aromatic N) is 1. The molecule has 2 aromatic rings. The summed E-state index contributed by atoms with van der Waals surface area (Å²) in [6, 6.07) is 10.3. The van der Waals surface area contributed by atoms with Gasteiger partial charge in [0.15, 0.2) is 5.11 Å². The number of carbonyl (C=O) groups excluding carboxylic acids is 1. The van der Waals surface area contributed by atoms with Crippen molar-refractivity contribution in [1.29, 1.82) is 0 Å². The number of hydrogen-bond acceptors (Lipinski definition) is 3. The van der Waals surface area contributed by atoms with Gasteiger partial charge in [0.05, 0.1) is 10.6 Å². The van der Waals surface area contributed by atoms with Gasteiger partial charge in [-0.1, -0.05) is 17.7 Å². The van der Waals surface area contributed by atoms with Crippen LogP contribution in [0.4, 0.5) is 5.69 Å². The van der Waals surface area contributed by atoms with Crippen molar-refractivity contribution in [3.63, 3.8) is 0 Å². The maximum Gasteiger partial charge on any atom is 0.280 e. The van der Waals surface area contributed by atoms with E-state index < -0.39 is 0 Å². The van der Waals surface area contributed by atoms with Crippen molar-refractivity contribution < 1.29 is 4.79 Å². The first-order chi connectivity index (χ1) is 9.08. The molecule has 1 amide bonds. The molecular weight excluding hydrogens is 302 g/mol. The van der Waals surface area contributed by atoms with Gasteiger partial charge in [-0.15, -0.1) is 11.3 Å². The number of nitrogens with one attached hydrogen (secondary N) is 1. The molecule has 2 rings (SSSR count). The molecule has 0 aliphatic rings. The van der Waals surface area contributed by atoms with Gasteiger partial charge in [-0.25, -0.2) is 5.01 Å². The topological polar surface area (TPSA) is 58.4 Å². The normalized spacial score (nSPS) is 9.95. The summed E-state index contributed by atoms with van der Waals surface area (Å²) in [7, 11) is 0. The summed E-state index contributed by atoms with van der Waals surface area (Å²) in [6.45, 7) is 0. The number of benzene rings is 1. The Hall–Kier alpha value is -1.63. The molecule has 7 heteroatoms. The van der Waals surface area contributed by atoms with E-state index >= 15 is 0 Å². The quantitative estimate of drug-likeness (QED) is 0.661. The number of thiophene rings is 1. The number of hydrogen-bond donors (Lipinski definition) is 2. The lowest BCUT2D eigenvalue weighted by Crippen LogP contribution is -2.48. The zero-order chi connectivity index (χ0) is 13.8. The van der Waals surface area contributed by atoms with E-state index in [-0.39, 0.29) is 11.0 Å². The van der Waals surface area contributed by atoms with E-state index in [1.807, 2.05) is 5.38 Å². The smallest absolute Gasteiger partial charge is 0.280 e. The molecule has 0 saturated heterocycles. The number of rotatable bonds is 2. The molecule has 0 bridgehead atoms. The van der Waals surface area contributed by atoms with Gasteiger partial charge in [-0.2, -0.15) is 0 Å². The van der Waals surface area contributed by atoms with Crippen molar-refractivity contribution in [3.8, 4) is 0 Å².